The summed E-state index contributed by atoms with van der Waals surface area (Å²) in [7, 11) is 0. The number of guanidine groups is 1. The van der Waals surface area contributed by atoms with Gasteiger partial charge < -0.3 is 15.9 Å². The number of furan rings is 1. The molecule has 0 amide bonds. The van der Waals surface area contributed by atoms with Gasteiger partial charge in [-0.05, 0) is 19.4 Å². The summed E-state index contributed by atoms with van der Waals surface area (Å²) in [5, 5.41) is 0. The van der Waals surface area contributed by atoms with Crippen LogP contribution in [0.25, 0.3) is 0 Å². The average Bonchev–Trinajstić information content (AvgIpc) is 2.69. The average molecular weight is 247 g/mol. The highest BCUT2D eigenvalue weighted by Crippen LogP contribution is 2.18. The molecule has 1 aromatic rings. The number of aliphatic imine (C=N–C) groups is 3. The van der Waals surface area contributed by atoms with E-state index in [-0.39, 0.29) is 11.9 Å². The quantitative estimate of drug-likeness (QED) is 0.789. The Morgan fingerprint density at radius 1 is 1.33 bits per heavy atom. The van der Waals surface area contributed by atoms with Gasteiger partial charge in [0, 0.05) is 18.4 Å². The molecule has 6 nitrogen and oxygen atoms in total. The lowest BCUT2D eigenvalue weighted by atomic mass is 10.0. The minimum Gasteiger partial charge on any atom is -0.444 e. The van der Waals surface area contributed by atoms with Crippen molar-refractivity contribution in [2.24, 2.45) is 32.4 Å². The summed E-state index contributed by atoms with van der Waals surface area (Å²) in [6, 6.07) is 3.65. The van der Waals surface area contributed by atoms with Crippen molar-refractivity contribution in [3.63, 3.8) is 0 Å². The summed E-state index contributed by atoms with van der Waals surface area (Å²) < 4.78 is 5.38. The lowest BCUT2D eigenvalue weighted by Crippen LogP contribution is -2.27. The Kier molecular flexibility index (Phi) is 3.45. The molecule has 0 saturated carbocycles. The van der Waals surface area contributed by atoms with Crippen molar-refractivity contribution < 1.29 is 4.42 Å². The van der Waals surface area contributed by atoms with Gasteiger partial charge in [0.2, 0.25) is 11.8 Å². The van der Waals surface area contributed by atoms with Crippen LogP contribution in [0.4, 0.5) is 5.88 Å². The Hall–Kier alpha value is -2.11. The lowest BCUT2D eigenvalue weighted by Gasteiger charge is -2.13. The van der Waals surface area contributed by atoms with Gasteiger partial charge in [0.25, 0.3) is 0 Å². The maximum Gasteiger partial charge on any atom is 0.223 e. The predicted octanol–water partition coefficient (Wildman–Crippen LogP) is 1.72. The first-order chi connectivity index (χ1) is 8.54. The molecule has 0 aliphatic carbocycles. The van der Waals surface area contributed by atoms with Crippen molar-refractivity contribution in [3.8, 4) is 0 Å². The normalized spacial score (nSPS) is 23.2. The maximum atomic E-state index is 5.77. The molecule has 2 rings (SSSR count). The molecule has 1 aliphatic heterocycles. The van der Waals surface area contributed by atoms with Crippen LogP contribution in [0.2, 0.25) is 0 Å². The van der Waals surface area contributed by atoms with Crippen molar-refractivity contribution in [2.75, 3.05) is 0 Å². The summed E-state index contributed by atoms with van der Waals surface area (Å²) in [5.74, 6) is 2.79. The Morgan fingerprint density at radius 2 is 2.11 bits per heavy atom. The molecule has 4 N–H and O–H groups in total. The summed E-state index contributed by atoms with van der Waals surface area (Å²) >= 11 is 0. The van der Waals surface area contributed by atoms with E-state index in [2.05, 4.69) is 15.0 Å². The lowest BCUT2D eigenvalue weighted by molar-refractivity contribution is 0.544. The highest BCUT2D eigenvalue weighted by atomic mass is 16.4. The zero-order valence-corrected chi connectivity index (χ0v) is 10.6. The van der Waals surface area contributed by atoms with Crippen LogP contribution >= 0.6 is 0 Å². The third kappa shape index (κ3) is 2.97. The van der Waals surface area contributed by atoms with Crippen LogP contribution < -0.4 is 11.5 Å². The zero-order valence-electron chi connectivity index (χ0n) is 10.6. The largest absolute Gasteiger partial charge is 0.444 e. The first-order valence-corrected chi connectivity index (χ1v) is 5.87. The second kappa shape index (κ2) is 5.03. The summed E-state index contributed by atoms with van der Waals surface area (Å²) in [5.41, 5.74) is 11.4. The van der Waals surface area contributed by atoms with E-state index in [1.165, 1.54) is 0 Å². The number of rotatable bonds is 1. The molecule has 0 radical (unpaired) electrons. The molecule has 1 aromatic heterocycles. The molecule has 0 fully saturated rings. The van der Waals surface area contributed by atoms with Gasteiger partial charge in [-0.1, -0.05) is 6.92 Å². The second-order valence-corrected chi connectivity index (χ2v) is 4.36. The molecule has 1 aliphatic rings. The van der Waals surface area contributed by atoms with Crippen LogP contribution in [0, 0.1) is 12.8 Å². The van der Waals surface area contributed by atoms with Crippen molar-refractivity contribution in [2.45, 2.75) is 26.7 Å². The minimum absolute atomic E-state index is 0.140. The molecule has 0 bridgehead atoms. The van der Waals surface area contributed by atoms with Crippen LogP contribution in [0.3, 0.4) is 0 Å². The van der Waals surface area contributed by atoms with E-state index >= 15 is 0 Å². The van der Waals surface area contributed by atoms with E-state index in [4.69, 9.17) is 15.9 Å². The second-order valence-electron chi connectivity index (χ2n) is 4.36. The smallest absolute Gasteiger partial charge is 0.223 e. The van der Waals surface area contributed by atoms with Crippen molar-refractivity contribution in [1.29, 1.82) is 0 Å². The van der Waals surface area contributed by atoms with Crippen LogP contribution in [-0.2, 0) is 0 Å². The Balaban J connectivity index is 2.28. The molecular weight excluding hydrogens is 230 g/mol. The highest BCUT2D eigenvalue weighted by Gasteiger charge is 2.13. The Bertz CT molecular complexity index is 526. The molecule has 96 valence electrons. The van der Waals surface area contributed by atoms with Gasteiger partial charge in [0.15, 0.2) is 0 Å². The molecule has 2 heterocycles. The van der Waals surface area contributed by atoms with Gasteiger partial charge in [-0.25, -0.2) is 4.99 Å². The van der Waals surface area contributed by atoms with E-state index in [0.717, 1.165) is 12.2 Å². The molecule has 6 heteroatoms. The van der Waals surface area contributed by atoms with E-state index in [1.807, 2.05) is 19.9 Å². The van der Waals surface area contributed by atoms with Gasteiger partial charge in [-0.2, -0.15) is 9.98 Å². The first-order valence-electron chi connectivity index (χ1n) is 5.87. The van der Waals surface area contributed by atoms with E-state index in [9.17, 15) is 0 Å². The molecule has 1 unspecified atom stereocenters. The summed E-state index contributed by atoms with van der Waals surface area (Å²) in [6.07, 6.45) is 1.53. The number of nitrogens with two attached hydrogens (primary N) is 2. The highest BCUT2D eigenvalue weighted by molar-refractivity contribution is 6.03. The number of hydrogen-bond donors (Lipinski definition) is 2. The Labute approximate surface area is 106 Å². The van der Waals surface area contributed by atoms with Gasteiger partial charge in [-0.15, -0.1) is 0 Å². The molecule has 0 aromatic carbocycles. The van der Waals surface area contributed by atoms with Crippen LogP contribution in [-0.4, -0.2) is 17.6 Å². The van der Waals surface area contributed by atoms with Gasteiger partial charge in [0.1, 0.15) is 17.4 Å². The van der Waals surface area contributed by atoms with Crippen LogP contribution in [0.1, 0.15) is 25.5 Å². The molecule has 0 saturated heterocycles. The number of aryl methyl sites for hydroxylation is 1. The number of nitrogens with zero attached hydrogens (tertiary/aromatic N) is 3. The third-order valence-electron chi connectivity index (χ3n) is 2.76. The summed E-state index contributed by atoms with van der Waals surface area (Å²) in [6.45, 7) is 3.87. The fourth-order valence-electron chi connectivity index (χ4n) is 1.64. The fraction of sp³-hybridized carbons (Fsp3) is 0.417. The van der Waals surface area contributed by atoms with Gasteiger partial charge in [-0.3, -0.25) is 0 Å². The minimum atomic E-state index is 0.140. The van der Waals surface area contributed by atoms with E-state index in [0.29, 0.717) is 24.0 Å². The van der Waals surface area contributed by atoms with E-state index in [1.54, 1.807) is 6.07 Å². The third-order valence-corrected chi connectivity index (χ3v) is 2.76. The zero-order chi connectivity index (χ0) is 13.1. The standard InChI is InChI=1S/C12H17N5O/c1-7-3-5-9(16-12(14)17-11(7)13)15-10-6-4-8(2)18-10/h4,6-7H,3,5H2,1-2H3,(H4,13,14,15,16,17). The first kappa shape index (κ1) is 12.3. The van der Waals surface area contributed by atoms with Crippen LogP contribution in [0.5, 0.6) is 0 Å². The molecule has 0 spiro atoms. The van der Waals surface area contributed by atoms with Crippen LogP contribution in [0.15, 0.2) is 31.5 Å². The van der Waals surface area contributed by atoms with Gasteiger partial charge >= 0.3 is 0 Å². The Morgan fingerprint density at radius 3 is 2.78 bits per heavy atom. The SMILES string of the molecule is Cc1ccc(N=C2CCC(C)C(N)=NC(N)=N2)o1. The monoisotopic (exact) mass is 247 g/mol. The fourth-order valence-corrected chi connectivity index (χ4v) is 1.64. The molecule has 1 atom stereocenters. The number of amidine groups is 2. The molecular formula is C12H17N5O. The van der Waals surface area contributed by atoms with Crippen molar-refractivity contribution >= 4 is 23.5 Å². The van der Waals surface area contributed by atoms with Gasteiger partial charge in [0.05, 0.1) is 0 Å². The topological polar surface area (TPSA) is 102 Å². The maximum absolute atomic E-state index is 5.77. The predicted molar refractivity (Wildman–Crippen MR) is 72.2 cm³/mol. The summed E-state index contributed by atoms with van der Waals surface area (Å²) in [4.78, 5) is 12.5. The van der Waals surface area contributed by atoms with Crippen molar-refractivity contribution in [3.05, 3.63) is 17.9 Å². The molecule has 18 heavy (non-hydrogen) atoms. The van der Waals surface area contributed by atoms with Crippen molar-refractivity contribution in [1.82, 2.24) is 0 Å². The number of hydrogen-bond acceptors (Lipinski definition) is 5. The van der Waals surface area contributed by atoms with E-state index < -0.39 is 0 Å².